The van der Waals surface area contributed by atoms with E-state index in [1.807, 2.05) is 6.92 Å². The van der Waals surface area contributed by atoms with Gasteiger partial charge in [-0.25, -0.2) is 9.18 Å². The smallest absolute Gasteiger partial charge is 0.341 e. The molecule has 0 bridgehead atoms. The van der Waals surface area contributed by atoms with Gasteiger partial charge < -0.3 is 15.7 Å². The summed E-state index contributed by atoms with van der Waals surface area (Å²) in [5, 5.41) is 9.40. The molecule has 0 amide bonds. The van der Waals surface area contributed by atoms with Gasteiger partial charge in [-0.2, -0.15) is 0 Å². The van der Waals surface area contributed by atoms with Crippen LogP contribution in [0.2, 0.25) is 0 Å². The summed E-state index contributed by atoms with van der Waals surface area (Å²) in [6.45, 7) is 3.40. The van der Waals surface area contributed by atoms with Crippen LogP contribution in [0, 0.1) is 24.6 Å². The molecular formula is C21H24FN3O3. The highest BCUT2D eigenvalue weighted by Crippen LogP contribution is 2.45. The number of rotatable bonds is 4. The van der Waals surface area contributed by atoms with E-state index in [0.717, 1.165) is 49.9 Å². The zero-order valence-electron chi connectivity index (χ0n) is 15.8. The average Bonchev–Trinajstić information content (AvgIpc) is 3.56. The molecule has 3 atom stereocenters. The molecule has 3 aliphatic rings. The predicted octanol–water partition coefficient (Wildman–Crippen LogP) is 2.50. The lowest BCUT2D eigenvalue weighted by molar-refractivity contribution is 0.0694. The van der Waals surface area contributed by atoms with E-state index in [1.54, 1.807) is 0 Å². The van der Waals surface area contributed by atoms with Gasteiger partial charge in [0.2, 0.25) is 0 Å². The van der Waals surface area contributed by atoms with Gasteiger partial charge in [0, 0.05) is 19.1 Å². The first-order chi connectivity index (χ1) is 13.4. The fourth-order valence-corrected chi connectivity index (χ4v) is 5.01. The lowest BCUT2D eigenvalue weighted by Crippen LogP contribution is -2.27. The van der Waals surface area contributed by atoms with E-state index < -0.39 is 17.3 Å². The van der Waals surface area contributed by atoms with Crippen LogP contribution in [0.15, 0.2) is 17.1 Å². The minimum Gasteiger partial charge on any atom is -0.477 e. The van der Waals surface area contributed by atoms with Crippen molar-refractivity contribution >= 4 is 17.2 Å². The number of nitrogens with two attached hydrogens (primary N) is 1. The zero-order valence-corrected chi connectivity index (χ0v) is 15.8. The van der Waals surface area contributed by atoms with E-state index in [1.165, 1.54) is 16.7 Å². The second-order valence-corrected chi connectivity index (χ2v) is 8.63. The minimum absolute atomic E-state index is 0.238. The molecule has 2 aromatic heterocycles. The van der Waals surface area contributed by atoms with E-state index in [-0.39, 0.29) is 17.5 Å². The molecule has 1 aliphatic heterocycles. The van der Waals surface area contributed by atoms with E-state index in [4.69, 9.17) is 5.73 Å². The SMILES string of the molecule is Cc1c(N2CC[C@H](C3CC3N)C2)c(F)cn2c(=O)c(C(=O)O)cc(C3CC3)c12. The molecule has 2 aliphatic carbocycles. The Kier molecular flexibility index (Phi) is 3.81. The first-order valence-electron chi connectivity index (χ1n) is 9.99. The average molecular weight is 385 g/mol. The van der Waals surface area contributed by atoms with Crippen LogP contribution in [-0.2, 0) is 0 Å². The molecule has 7 heteroatoms. The summed E-state index contributed by atoms with van der Waals surface area (Å²) in [5.41, 5.74) is 7.80. The van der Waals surface area contributed by atoms with Crippen LogP contribution < -0.4 is 16.2 Å². The molecule has 3 fully saturated rings. The number of hydrogen-bond donors (Lipinski definition) is 2. The van der Waals surface area contributed by atoms with Gasteiger partial charge in [-0.05, 0) is 67.6 Å². The highest BCUT2D eigenvalue weighted by molar-refractivity contribution is 5.89. The maximum atomic E-state index is 15.1. The largest absolute Gasteiger partial charge is 0.477 e. The number of pyridine rings is 2. The van der Waals surface area contributed by atoms with Gasteiger partial charge >= 0.3 is 5.97 Å². The fourth-order valence-electron chi connectivity index (χ4n) is 5.01. The predicted molar refractivity (Wildman–Crippen MR) is 104 cm³/mol. The van der Waals surface area contributed by atoms with Gasteiger partial charge in [0.15, 0.2) is 5.82 Å². The van der Waals surface area contributed by atoms with E-state index in [2.05, 4.69) is 4.90 Å². The molecule has 28 heavy (non-hydrogen) atoms. The Morgan fingerprint density at radius 1 is 1.32 bits per heavy atom. The summed E-state index contributed by atoms with van der Waals surface area (Å²) in [7, 11) is 0. The Morgan fingerprint density at radius 3 is 2.64 bits per heavy atom. The highest BCUT2D eigenvalue weighted by Gasteiger charge is 2.43. The maximum absolute atomic E-state index is 15.1. The monoisotopic (exact) mass is 385 g/mol. The molecule has 3 N–H and O–H groups in total. The number of carbonyl (C=O) groups is 1. The van der Waals surface area contributed by atoms with Gasteiger partial charge in [-0.1, -0.05) is 0 Å². The number of anilines is 1. The van der Waals surface area contributed by atoms with Crippen molar-refractivity contribution in [2.24, 2.45) is 17.6 Å². The molecular weight excluding hydrogens is 361 g/mol. The third kappa shape index (κ3) is 2.64. The van der Waals surface area contributed by atoms with Crippen LogP contribution in [0.5, 0.6) is 0 Å². The Balaban J connectivity index is 1.66. The number of carboxylic acids is 1. The Labute approximate surface area is 161 Å². The molecule has 1 saturated heterocycles. The first kappa shape index (κ1) is 17.7. The van der Waals surface area contributed by atoms with Crippen molar-refractivity contribution in [2.45, 2.75) is 44.6 Å². The summed E-state index contributed by atoms with van der Waals surface area (Å²) in [4.78, 5) is 26.3. The number of carboxylic acid groups (broad SMARTS) is 1. The van der Waals surface area contributed by atoms with Crippen LogP contribution in [0.4, 0.5) is 10.1 Å². The molecule has 2 unspecified atom stereocenters. The van der Waals surface area contributed by atoms with Gasteiger partial charge in [-0.3, -0.25) is 9.20 Å². The zero-order chi connectivity index (χ0) is 19.7. The second kappa shape index (κ2) is 6.04. The number of aromatic carboxylic acids is 1. The van der Waals surface area contributed by atoms with Crippen LogP contribution in [0.25, 0.3) is 5.52 Å². The van der Waals surface area contributed by atoms with E-state index in [9.17, 15) is 14.7 Å². The van der Waals surface area contributed by atoms with Crippen molar-refractivity contribution in [2.75, 3.05) is 18.0 Å². The summed E-state index contributed by atoms with van der Waals surface area (Å²) in [6, 6.07) is 1.78. The molecule has 2 aromatic rings. The van der Waals surface area contributed by atoms with Gasteiger partial charge in [0.25, 0.3) is 5.56 Å². The van der Waals surface area contributed by atoms with Crippen molar-refractivity contribution < 1.29 is 14.3 Å². The van der Waals surface area contributed by atoms with Crippen molar-refractivity contribution in [3.8, 4) is 0 Å². The maximum Gasteiger partial charge on any atom is 0.341 e. The quantitative estimate of drug-likeness (QED) is 0.844. The fraction of sp³-hybridized carbons (Fsp3) is 0.524. The number of halogens is 1. The van der Waals surface area contributed by atoms with Crippen LogP contribution >= 0.6 is 0 Å². The number of nitrogens with zero attached hydrogens (tertiary/aromatic N) is 2. The van der Waals surface area contributed by atoms with E-state index in [0.29, 0.717) is 23.0 Å². The Hall–Kier alpha value is -2.41. The van der Waals surface area contributed by atoms with Crippen molar-refractivity contribution in [3.05, 3.63) is 45.1 Å². The van der Waals surface area contributed by atoms with Crippen molar-refractivity contribution in [1.82, 2.24) is 4.40 Å². The first-order valence-corrected chi connectivity index (χ1v) is 9.99. The molecule has 5 rings (SSSR count). The highest BCUT2D eigenvalue weighted by atomic mass is 19.1. The molecule has 0 spiro atoms. The number of fused-ring (bicyclic) bond motifs is 1. The van der Waals surface area contributed by atoms with Gasteiger partial charge in [-0.15, -0.1) is 0 Å². The summed E-state index contributed by atoms with van der Waals surface area (Å²) < 4.78 is 16.3. The topological polar surface area (TPSA) is 88.0 Å². The molecule has 148 valence electrons. The Bertz CT molecular complexity index is 1060. The Morgan fingerprint density at radius 2 is 2.04 bits per heavy atom. The van der Waals surface area contributed by atoms with Crippen LogP contribution in [-0.4, -0.2) is 34.6 Å². The standard InChI is InChI=1S/C21H24FN3O3/c1-10-18-14(11-2-3-11)6-15(21(27)28)20(26)25(18)9-16(22)19(10)24-5-4-12(8-24)13-7-17(13)23/h6,9,11-13,17H,2-5,7-8,23H2,1H3,(H,27,28)/t12-,13?,17?/m0/s1. The summed E-state index contributed by atoms with van der Waals surface area (Å²) in [5.74, 6) is -0.480. The van der Waals surface area contributed by atoms with E-state index >= 15 is 4.39 Å². The van der Waals surface area contributed by atoms with Gasteiger partial charge in [0.05, 0.1) is 17.4 Å². The summed E-state index contributed by atoms with van der Waals surface area (Å²) in [6.07, 6.45) is 5.16. The number of aromatic nitrogens is 1. The summed E-state index contributed by atoms with van der Waals surface area (Å²) >= 11 is 0. The number of aryl methyl sites for hydroxylation is 1. The molecule has 3 heterocycles. The molecule has 0 radical (unpaired) electrons. The van der Waals surface area contributed by atoms with Crippen molar-refractivity contribution in [3.63, 3.8) is 0 Å². The molecule has 6 nitrogen and oxygen atoms in total. The van der Waals surface area contributed by atoms with Crippen LogP contribution in [0.3, 0.4) is 0 Å². The molecule has 0 aromatic carbocycles. The lowest BCUT2D eigenvalue weighted by atomic mass is 10.0. The minimum atomic E-state index is -1.27. The normalized spacial score (nSPS) is 26.8. The third-order valence-corrected chi connectivity index (χ3v) is 6.73. The van der Waals surface area contributed by atoms with Crippen LogP contribution in [0.1, 0.15) is 53.1 Å². The lowest BCUT2D eigenvalue weighted by Gasteiger charge is -2.24. The number of hydrogen-bond acceptors (Lipinski definition) is 4. The second-order valence-electron chi connectivity index (χ2n) is 8.63. The third-order valence-electron chi connectivity index (χ3n) is 6.73. The van der Waals surface area contributed by atoms with Gasteiger partial charge in [0.1, 0.15) is 5.56 Å². The van der Waals surface area contributed by atoms with Crippen molar-refractivity contribution in [1.29, 1.82) is 0 Å². The molecule has 2 saturated carbocycles.